The van der Waals surface area contributed by atoms with E-state index in [2.05, 4.69) is 4.98 Å². The van der Waals surface area contributed by atoms with Gasteiger partial charge in [-0.05, 0) is 29.3 Å². The molecular weight excluding hydrogens is 208 g/mol. The van der Waals surface area contributed by atoms with Crippen molar-refractivity contribution in [3.8, 4) is 0 Å². The SMILES string of the molecule is NC(c1ccncc1)c1ccccc1Cl. The molecule has 0 aliphatic rings. The summed E-state index contributed by atoms with van der Waals surface area (Å²) in [6, 6.07) is 11.2. The Kier molecular flexibility index (Phi) is 2.99. The lowest BCUT2D eigenvalue weighted by Gasteiger charge is -2.13. The molecule has 0 aliphatic carbocycles. The average Bonchev–Trinajstić information content (AvgIpc) is 2.30. The van der Waals surface area contributed by atoms with E-state index in [0.717, 1.165) is 11.1 Å². The molecule has 15 heavy (non-hydrogen) atoms. The molecule has 0 amide bonds. The summed E-state index contributed by atoms with van der Waals surface area (Å²) in [4.78, 5) is 3.96. The van der Waals surface area contributed by atoms with Crippen LogP contribution in [0.2, 0.25) is 5.02 Å². The minimum atomic E-state index is -0.193. The smallest absolute Gasteiger partial charge is 0.0567 e. The number of nitrogens with two attached hydrogens (primary N) is 1. The van der Waals surface area contributed by atoms with Gasteiger partial charge >= 0.3 is 0 Å². The Morgan fingerprint density at radius 3 is 2.40 bits per heavy atom. The van der Waals surface area contributed by atoms with Crippen LogP contribution in [0.15, 0.2) is 48.8 Å². The quantitative estimate of drug-likeness (QED) is 0.842. The number of aromatic nitrogens is 1. The zero-order valence-corrected chi connectivity index (χ0v) is 8.85. The molecule has 0 saturated heterocycles. The van der Waals surface area contributed by atoms with Gasteiger partial charge in [-0.15, -0.1) is 0 Å². The van der Waals surface area contributed by atoms with Crippen LogP contribution in [0.4, 0.5) is 0 Å². The highest BCUT2D eigenvalue weighted by atomic mass is 35.5. The normalized spacial score (nSPS) is 12.4. The summed E-state index contributed by atoms with van der Waals surface area (Å²) in [5.41, 5.74) is 8.05. The van der Waals surface area contributed by atoms with Gasteiger partial charge < -0.3 is 5.73 Å². The third-order valence-corrected chi connectivity index (χ3v) is 2.65. The molecule has 2 aromatic rings. The first-order chi connectivity index (χ1) is 7.29. The molecule has 2 N–H and O–H groups in total. The Bertz CT molecular complexity index is 442. The second-order valence-electron chi connectivity index (χ2n) is 3.28. The van der Waals surface area contributed by atoms with E-state index in [1.165, 1.54) is 0 Å². The second kappa shape index (κ2) is 4.43. The summed E-state index contributed by atoms with van der Waals surface area (Å²) < 4.78 is 0. The van der Waals surface area contributed by atoms with Gasteiger partial charge in [0.15, 0.2) is 0 Å². The largest absolute Gasteiger partial charge is 0.320 e. The monoisotopic (exact) mass is 218 g/mol. The maximum Gasteiger partial charge on any atom is 0.0567 e. The highest BCUT2D eigenvalue weighted by Gasteiger charge is 2.10. The van der Waals surface area contributed by atoms with E-state index >= 15 is 0 Å². The van der Waals surface area contributed by atoms with Crippen LogP contribution in [-0.4, -0.2) is 4.98 Å². The summed E-state index contributed by atoms with van der Waals surface area (Å²) in [6.07, 6.45) is 3.46. The minimum absolute atomic E-state index is 0.193. The van der Waals surface area contributed by atoms with Crippen LogP contribution in [0, 0.1) is 0 Å². The van der Waals surface area contributed by atoms with Crippen molar-refractivity contribution >= 4 is 11.6 Å². The van der Waals surface area contributed by atoms with Gasteiger partial charge in [0.05, 0.1) is 6.04 Å². The predicted octanol–water partition coefficient (Wildman–Crippen LogP) is 2.78. The maximum absolute atomic E-state index is 6.10. The molecule has 2 nitrogen and oxygen atoms in total. The molecule has 3 heteroatoms. The van der Waals surface area contributed by atoms with Gasteiger partial charge in [-0.3, -0.25) is 4.98 Å². The van der Waals surface area contributed by atoms with Crippen LogP contribution in [-0.2, 0) is 0 Å². The van der Waals surface area contributed by atoms with Gasteiger partial charge in [0.25, 0.3) is 0 Å². The molecule has 1 heterocycles. The second-order valence-corrected chi connectivity index (χ2v) is 3.69. The Balaban J connectivity index is 2.37. The number of pyridine rings is 1. The first-order valence-electron chi connectivity index (χ1n) is 4.69. The molecule has 2 rings (SSSR count). The van der Waals surface area contributed by atoms with E-state index in [9.17, 15) is 0 Å². The molecule has 1 aromatic heterocycles. The Morgan fingerprint density at radius 1 is 1.07 bits per heavy atom. The molecule has 0 fully saturated rings. The summed E-state index contributed by atoms with van der Waals surface area (Å²) in [6.45, 7) is 0. The number of hydrogen-bond acceptors (Lipinski definition) is 2. The molecule has 76 valence electrons. The fourth-order valence-corrected chi connectivity index (χ4v) is 1.73. The third kappa shape index (κ3) is 2.17. The van der Waals surface area contributed by atoms with Crippen LogP contribution in [0.5, 0.6) is 0 Å². The van der Waals surface area contributed by atoms with E-state index in [0.29, 0.717) is 5.02 Å². The molecule has 0 saturated carbocycles. The number of rotatable bonds is 2. The summed E-state index contributed by atoms with van der Waals surface area (Å²) in [5, 5.41) is 0.696. The number of halogens is 1. The summed E-state index contributed by atoms with van der Waals surface area (Å²) in [7, 11) is 0. The van der Waals surface area contributed by atoms with Gasteiger partial charge in [-0.2, -0.15) is 0 Å². The lowest BCUT2D eigenvalue weighted by molar-refractivity contribution is 0.868. The molecule has 0 bridgehead atoms. The molecular formula is C12H11ClN2. The minimum Gasteiger partial charge on any atom is -0.320 e. The van der Waals surface area contributed by atoms with Gasteiger partial charge in [0.2, 0.25) is 0 Å². The first-order valence-corrected chi connectivity index (χ1v) is 5.07. The molecule has 0 radical (unpaired) electrons. The van der Waals surface area contributed by atoms with Crippen LogP contribution in [0.1, 0.15) is 17.2 Å². The summed E-state index contributed by atoms with van der Waals surface area (Å²) >= 11 is 6.07. The van der Waals surface area contributed by atoms with E-state index in [1.54, 1.807) is 12.4 Å². The molecule has 1 unspecified atom stereocenters. The van der Waals surface area contributed by atoms with Crippen LogP contribution in [0.25, 0.3) is 0 Å². The standard InChI is InChI=1S/C12H11ClN2/c13-11-4-2-1-3-10(11)12(14)9-5-7-15-8-6-9/h1-8,12H,14H2. The molecule has 1 aromatic carbocycles. The first kappa shape index (κ1) is 10.1. The Labute approximate surface area is 93.7 Å². The Morgan fingerprint density at radius 2 is 1.73 bits per heavy atom. The number of hydrogen-bond donors (Lipinski definition) is 1. The Hall–Kier alpha value is -1.38. The van der Waals surface area contributed by atoms with E-state index in [1.807, 2.05) is 36.4 Å². The van der Waals surface area contributed by atoms with E-state index in [4.69, 9.17) is 17.3 Å². The molecule has 1 atom stereocenters. The van der Waals surface area contributed by atoms with Gasteiger partial charge in [0, 0.05) is 17.4 Å². The number of nitrogens with zero attached hydrogens (tertiary/aromatic N) is 1. The number of benzene rings is 1. The van der Waals surface area contributed by atoms with Gasteiger partial charge in [-0.1, -0.05) is 29.8 Å². The van der Waals surface area contributed by atoms with Crippen LogP contribution in [0.3, 0.4) is 0 Å². The van der Waals surface area contributed by atoms with Crippen molar-refractivity contribution < 1.29 is 0 Å². The van der Waals surface area contributed by atoms with Crippen molar-refractivity contribution in [2.45, 2.75) is 6.04 Å². The third-order valence-electron chi connectivity index (χ3n) is 2.31. The van der Waals surface area contributed by atoms with Crippen molar-refractivity contribution in [2.24, 2.45) is 5.73 Å². The van der Waals surface area contributed by atoms with Crippen molar-refractivity contribution in [1.82, 2.24) is 4.98 Å². The summed E-state index contributed by atoms with van der Waals surface area (Å²) in [5.74, 6) is 0. The van der Waals surface area contributed by atoms with Gasteiger partial charge in [-0.25, -0.2) is 0 Å². The van der Waals surface area contributed by atoms with E-state index < -0.39 is 0 Å². The zero-order chi connectivity index (χ0) is 10.7. The molecule has 0 aliphatic heterocycles. The predicted molar refractivity (Wildman–Crippen MR) is 61.7 cm³/mol. The van der Waals surface area contributed by atoms with Gasteiger partial charge in [0.1, 0.15) is 0 Å². The topological polar surface area (TPSA) is 38.9 Å². The molecule has 0 spiro atoms. The van der Waals surface area contributed by atoms with Crippen molar-refractivity contribution in [2.75, 3.05) is 0 Å². The maximum atomic E-state index is 6.10. The zero-order valence-electron chi connectivity index (χ0n) is 8.10. The van der Waals surface area contributed by atoms with Crippen molar-refractivity contribution in [3.63, 3.8) is 0 Å². The fourth-order valence-electron chi connectivity index (χ4n) is 1.48. The van der Waals surface area contributed by atoms with Crippen molar-refractivity contribution in [3.05, 3.63) is 64.9 Å². The highest BCUT2D eigenvalue weighted by molar-refractivity contribution is 6.31. The average molecular weight is 219 g/mol. The van der Waals surface area contributed by atoms with Crippen molar-refractivity contribution in [1.29, 1.82) is 0 Å². The highest BCUT2D eigenvalue weighted by Crippen LogP contribution is 2.25. The lowest BCUT2D eigenvalue weighted by atomic mass is 10.0. The van der Waals surface area contributed by atoms with E-state index in [-0.39, 0.29) is 6.04 Å². The lowest BCUT2D eigenvalue weighted by Crippen LogP contribution is -2.12. The van der Waals surface area contributed by atoms with Crippen LogP contribution < -0.4 is 5.73 Å². The fraction of sp³-hybridized carbons (Fsp3) is 0.0833. The van der Waals surface area contributed by atoms with Crippen LogP contribution >= 0.6 is 11.6 Å².